The third-order valence-corrected chi connectivity index (χ3v) is 4.99. The number of aromatic nitrogens is 2. The molecule has 0 aliphatic heterocycles. The second-order valence-corrected chi connectivity index (χ2v) is 8.11. The monoisotopic (exact) mass is 489 g/mol. The van der Waals surface area contributed by atoms with Gasteiger partial charge in [0.1, 0.15) is 5.76 Å². The zero-order valence-corrected chi connectivity index (χ0v) is 19.8. The zero-order chi connectivity index (χ0) is 25.8. The number of nitrogens with one attached hydrogen (secondary N) is 2. The van der Waals surface area contributed by atoms with Crippen molar-refractivity contribution in [3.05, 3.63) is 65.0 Å². The molecule has 35 heavy (non-hydrogen) atoms. The van der Waals surface area contributed by atoms with Crippen LogP contribution < -0.4 is 10.6 Å². The smallest absolute Gasteiger partial charge is 0.416 e. The van der Waals surface area contributed by atoms with Crippen LogP contribution in [0.1, 0.15) is 36.0 Å². The standard InChI is InChI=1S/C24H26F3N5O3/c1-5-35-21-11-17(33)8-9-18(21)22-28-12-20(14(2)29-22)31-23(34)30-16-7-6-15(13-32(3)4)19(10-16)24(25,26)27/h6-7,9-12H,5,8,13H2,1-4H3,(H2,30,31,34). The van der Waals surface area contributed by atoms with Crippen molar-refractivity contribution in [2.24, 2.45) is 0 Å². The van der Waals surface area contributed by atoms with Gasteiger partial charge in [-0.15, -0.1) is 0 Å². The Bertz CT molecular complexity index is 1190. The summed E-state index contributed by atoms with van der Waals surface area (Å²) in [5.41, 5.74) is 0.564. The van der Waals surface area contributed by atoms with E-state index in [-0.39, 0.29) is 35.7 Å². The van der Waals surface area contributed by atoms with Crippen molar-refractivity contribution in [3.8, 4) is 0 Å². The van der Waals surface area contributed by atoms with Crippen LogP contribution in [0.15, 0.2) is 42.3 Å². The van der Waals surface area contributed by atoms with E-state index in [1.807, 2.05) is 0 Å². The molecule has 186 valence electrons. The number of hydrogen-bond acceptors (Lipinski definition) is 6. The number of urea groups is 1. The van der Waals surface area contributed by atoms with Crippen LogP contribution in [-0.4, -0.2) is 47.4 Å². The number of alkyl halides is 3. The molecule has 1 aliphatic carbocycles. The first-order valence-corrected chi connectivity index (χ1v) is 10.8. The number of aryl methyl sites for hydroxylation is 1. The third-order valence-electron chi connectivity index (χ3n) is 4.99. The number of anilines is 2. The highest BCUT2D eigenvalue weighted by molar-refractivity contribution is 6.00. The minimum Gasteiger partial charge on any atom is -0.493 e. The first-order valence-electron chi connectivity index (χ1n) is 10.8. The number of hydrogen-bond donors (Lipinski definition) is 2. The SMILES string of the molecule is CCOC1=CC(=O)CC=C1c1ncc(NC(=O)Nc2ccc(CN(C)C)c(C(F)(F)F)c2)c(C)n1. The van der Waals surface area contributed by atoms with Crippen molar-refractivity contribution in [2.45, 2.75) is 33.0 Å². The lowest BCUT2D eigenvalue weighted by Gasteiger charge is -2.18. The summed E-state index contributed by atoms with van der Waals surface area (Å²) in [6, 6.07) is 2.92. The van der Waals surface area contributed by atoms with Gasteiger partial charge in [0.05, 0.1) is 35.3 Å². The average Bonchev–Trinajstić information content (AvgIpc) is 2.75. The topological polar surface area (TPSA) is 96.4 Å². The Balaban J connectivity index is 1.75. The van der Waals surface area contributed by atoms with E-state index in [4.69, 9.17) is 4.74 Å². The maximum atomic E-state index is 13.5. The van der Waals surface area contributed by atoms with Crippen LogP contribution in [0.4, 0.5) is 29.3 Å². The summed E-state index contributed by atoms with van der Waals surface area (Å²) in [7, 11) is 3.35. The summed E-state index contributed by atoms with van der Waals surface area (Å²) in [6.45, 7) is 3.91. The molecule has 0 saturated heterocycles. The summed E-state index contributed by atoms with van der Waals surface area (Å²) >= 11 is 0. The molecule has 11 heteroatoms. The van der Waals surface area contributed by atoms with E-state index >= 15 is 0 Å². The summed E-state index contributed by atoms with van der Waals surface area (Å²) in [5.74, 6) is 0.610. The highest BCUT2D eigenvalue weighted by atomic mass is 19.4. The van der Waals surface area contributed by atoms with Crippen LogP contribution in [0, 0.1) is 6.92 Å². The first kappa shape index (κ1) is 25.9. The molecule has 1 heterocycles. The second kappa shape index (κ2) is 10.7. The Hall–Kier alpha value is -3.73. The van der Waals surface area contributed by atoms with Crippen LogP contribution >= 0.6 is 0 Å². The highest BCUT2D eigenvalue weighted by Crippen LogP contribution is 2.34. The Morgan fingerprint density at radius 3 is 2.60 bits per heavy atom. The number of ketones is 1. The van der Waals surface area contributed by atoms with Crippen molar-refractivity contribution in [1.29, 1.82) is 0 Å². The quantitative estimate of drug-likeness (QED) is 0.581. The molecule has 1 aromatic heterocycles. The summed E-state index contributed by atoms with van der Waals surface area (Å²) in [5, 5.41) is 4.97. The molecule has 0 spiro atoms. The van der Waals surface area contributed by atoms with Crippen molar-refractivity contribution >= 4 is 28.8 Å². The molecule has 1 aliphatic rings. The van der Waals surface area contributed by atoms with Crippen LogP contribution in [0.5, 0.6) is 0 Å². The van der Waals surface area contributed by atoms with Crippen LogP contribution in [0.3, 0.4) is 0 Å². The van der Waals surface area contributed by atoms with Gasteiger partial charge in [-0.05, 0) is 45.6 Å². The highest BCUT2D eigenvalue weighted by Gasteiger charge is 2.33. The minimum absolute atomic E-state index is 0.00366. The fraction of sp³-hybridized carbons (Fsp3) is 0.333. The molecular weight excluding hydrogens is 463 g/mol. The minimum atomic E-state index is -4.56. The lowest BCUT2D eigenvalue weighted by molar-refractivity contribution is -0.138. The van der Waals surface area contributed by atoms with E-state index in [1.165, 1.54) is 24.4 Å². The largest absolute Gasteiger partial charge is 0.493 e. The van der Waals surface area contributed by atoms with Gasteiger partial charge >= 0.3 is 12.2 Å². The average molecular weight is 489 g/mol. The van der Waals surface area contributed by atoms with Crippen molar-refractivity contribution < 1.29 is 27.5 Å². The van der Waals surface area contributed by atoms with Gasteiger partial charge in [0, 0.05) is 24.7 Å². The summed E-state index contributed by atoms with van der Waals surface area (Å²) < 4.78 is 46.0. The number of allylic oxidation sites excluding steroid dienone is 3. The molecule has 2 aromatic rings. The van der Waals surface area contributed by atoms with Gasteiger partial charge in [-0.3, -0.25) is 4.79 Å². The van der Waals surface area contributed by atoms with Gasteiger partial charge < -0.3 is 20.3 Å². The van der Waals surface area contributed by atoms with Gasteiger partial charge in [-0.25, -0.2) is 14.8 Å². The maximum Gasteiger partial charge on any atom is 0.416 e. The number of carbonyl (C=O) groups excluding carboxylic acids is 2. The lowest BCUT2D eigenvalue weighted by Crippen LogP contribution is -2.22. The molecule has 1 aromatic carbocycles. The van der Waals surface area contributed by atoms with Crippen LogP contribution in [0.25, 0.3) is 5.57 Å². The Kier molecular flexibility index (Phi) is 7.90. The number of nitrogens with zero attached hydrogens (tertiary/aromatic N) is 3. The first-order chi connectivity index (χ1) is 16.5. The number of halogens is 3. The fourth-order valence-corrected chi connectivity index (χ4v) is 3.46. The molecule has 0 fully saturated rings. The number of amides is 2. The molecule has 0 radical (unpaired) electrons. The zero-order valence-electron chi connectivity index (χ0n) is 19.8. The van der Waals surface area contributed by atoms with Gasteiger partial charge in [0.15, 0.2) is 11.6 Å². The second-order valence-electron chi connectivity index (χ2n) is 8.11. The molecule has 8 nitrogen and oxygen atoms in total. The summed E-state index contributed by atoms with van der Waals surface area (Å²) in [6.07, 6.45) is 0.104. The van der Waals surface area contributed by atoms with Gasteiger partial charge in [0.2, 0.25) is 0 Å². The van der Waals surface area contributed by atoms with Crippen LogP contribution in [-0.2, 0) is 22.3 Å². The van der Waals surface area contributed by atoms with Crippen LogP contribution in [0.2, 0.25) is 0 Å². The predicted octanol–water partition coefficient (Wildman–Crippen LogP) is 4.79. The lowest BCUT2D eigenvalue weighted by atomic mass is 10.0. The van der Waals surface area contributed by atoms with Crippen molar-refractivity contribution in [2.75, 3.05) is 31.3 Å². The summed E-state index contributed by atoms with van der Waals surface area (Å²) in [4.78, 5) is 34.5. The molecule has 2 amide bonds. The Labute approximate surface area is 200 Å². The Morgan fingerprint density at radius 1 is 1.23 bits per heavy atom. The number of ether oxygens (including phenoxy) is 1. The van der Waals surface area contributed by atoms with Gasteiger partial charge in [-0.2, -0.15) is 13.2 Å². The molecule has 2 N–H and O–H groups in total. The fourth-order valence-electron chi connectivity index (χ4n) is 3.46. The molecule has 0 bridgehead atoms. The van der Waals surface area contributed by atoms with E-state index in [0.717, 1.165) is 6.07 Å². The number of benzene rings is 1. The van der Waals surface area contributed by atoms with Gasteiger partial charge in [0.25, 0.3) is 0 Å². The molecule has 3 rings (SSSR count). The molecular formula is C24H26F3N5O3. The Morgan fingerprint density at radius 2 is 1.97 bits per heavy atom. The van der Waals surface area contributed by atoms with Crippen molar-refractivity contribution in [1.82, 2.24) is 14.9 Å². The van der Waals surface area contributed by atoms with Crippen molar-refractivity contribution in [3.63, 3.8) is 0 Å². The molecule has 0 unspecified atom stereocenters. The maximum absolute atomic E-state index is 13.5. The van der Waals surface area contributed by atoms with Gasteiger partial charge in [-0.1, -0.05) is 12.1 Å². The van der Waals surface area contributed by atoms with E-state index in [2.05, 4.69) is 20.6 Å². The number of carbonyl (C=O) groups is 2. The molecule has 0 atom stereocenters. The third kappa shape index (κ3) is 6.66. The van der Waals surface area contributed by atoms with E-state index in [0.29, 0.717) is 29.5 Å². The van der Waals surface area contributed by atoms with E-state index in [9.17, 15) is 22.8 Å². The van der Waals surface area contributed by atoms with E-state index in [1.54, 1.807) is 38.9 Å². The normalized spacial score (nSPS) is 13.9. The van der Waals surface area contributed by atoms with E-state index < -0.39 is 17.8 Å². The number of rotatable bonds is 7. The molecule has 0 saturated carbocycles. The predicted molar refractivity (Wildman–Crippen MR) is 126 cm³/mol.